The number of rotatable bonds is 3. The smallest absolute Gasteiger partial charge is 0.300 e. The second kappa shape index (κ2) is 7.26. The molecule has 2 aromatic carbocycles. The number of halogens is 1. The number of hydrogen-bond donors (Lipinski definition) is 1. The van der Waals surface area contributed by atoms with Crippen LogP contribution >= 0.6 is 22.9 Å². The van der Waals surface area contributed by atoms with Crippen LogP contribution in [0.1, 0.15) is 22.0 Å². The second-order valence-corrected chi connectivity index (χ2v) is 7.86. The van der Waals surface area contributed by atoms with Crippen molar-refractivity contribution in [3.8, 4) is 0 Å². The third kappa shape index (κ3) is 3.03. The van der Waals surface area contributed by atoms with Gasteiger partial charge < -0.3 is 5.11 Å². The van der Waals surface area contributed by atoms with Crippen molar-refractivity contribution in [1.29, 1.82) is 0 Å². The van der Waals surface area contributed by atoms with Crippen LogP contribution in [0.25, 0.3) is 5.76 Å². The summed E-state index contributed by atoms with van der Waals surface area (Å²) in [6, 6.07) is 16.8. The van der Waals surface area contributed by atoms with Crippen LogP contribution in [0.15, 0.2) is 71.6 Å². The Labute approximate surface area is 171 Å². The Hall–Kier alpha value is -2.89. The summed E-state index contributed by atoms with van der Waals surface area (Å²) >= 11 is 7.44. The van der Waals surface area contributed by atoms with Crippen LogP contribution in [0.5, 0.6) is 0 Å². The van der Waals surface area contributed by atoms with Crippen LogP contribution < -0.4 is 4.90 Å². The largest absolute Gasteiger partial charge is 0.507 e. The van der Waals surface area contributed by atoms with Crippen LogP contribution in [0.2, 0.25) is 5.02 Å². The molecule has 6 heteroatoms. The van der Waals surface area contributed by atoms with E-state index in [9.17, 15) is 14.7 Å². The summed E-state index contributed by atoms with van der Waals surface area (Å²) in [6.07, 6.45) is 0. The summed E-state index contributed by atoms with van der Waals surface area (Å²) in [5.41, 5.74) is 2.10. The zero-order valence-electron chi connectivity index (χ0n) is 14.9. The Morgan fingerprint density at radius 3 is 2.32 bits per heavy atom. The topological polar surface area (TPSA) is 57.6 Å². The molecule has 1 N–H and O–H groups in total. The van der Waals surface area contributed by atoms with Crippen molar-refractivity contribution in [2.45, 2.75) is 13.0 Å². The molecule has 28 heavy (non-hydrogen) atoms. The predicted molar refractivity (Wildman–Crippen MR) is 112 cm³/mol. The van der Waals surface area contributed by atoms with Gasteiger partial charge in [0.2, 0.25) is 0 Å². The number of carbonyl (C=O) groups excluding carboxylic acids is 2. The number of benzene rings is 2. The minimum Gasteiger partial charge on any atom is -0.507 e. The normalized spacial score (nSPS) is 18.6. The molecule has 0 radical (unpaired) electrons. The second-order valence-electron chi connectivity index (χ2n) is 6.48. The number of aliphatic hydroxyl groups is 1. The number of ketones is 1. The number of amides is 1. The number of nitrogens with zero attached hydrogens (tertiary/aromatic N) is 1. The van der Waals surface area contributed by atoms with Gasteiger partial charge in [-0.05, 0) is 48.2 Å². The van der Waals surface area contributed by atoms with Crippen LogP contribution in [0, 0.1) is 6.92 Å². The van der Waals surface area contributed by atoms with E-state index in [2.05, 4.69) is 0 Å². The first-order chi connectivity index (χ1) is 13.5. The van der Waals surface area contributed by atoms with Crippen LogP contribution in [-0.4, -0.2) is 16.8 Å². The Balaban J connectivity index is 1.95. The average molecular weight is 410 g/mol. The Bertz CT molecular complexity index is 1090. The molecule has 1 saturated heterocycles. The lowest BCUT2D eigenvalue weighted by atomic mass is 9.98. The molecule has 1 atom stereocenters. The summed E-state index contributed by atoms with van der Waals surface area (Å²) in [5, 5.41) is 13.4. The molecule has 0 aliphatic carbocycles. The Morgan fingerprint density at radius 1 is 1.04 bits per heavy atom. The molecule has 140 valence electrons. The molecule has 1 aliphatic heterocycles. The molecule has 1 aliphatic rings. The number of aliphatic hydroxyl groups excluding tert-OH is 1. The Morgan fingerprint density at radius 2 is 1.71 bits per heavy atom. The number of hydrogen-bond acceptors (Lipinski definition) is 4. The summed E-state index contributed by atoms with van der Waals surface area (Å²) in [4.78, 5) is 28.2. The van der Waals surface area contributed by atoms with Crippen molar-refractivity contribution in [2.24, 2.45) is 0 Å². The van der Waals surface area contributed by atoms with E-state index in [1.807, 2.05) is 24.4 Å². The first-order valence-electron chi connectivity index (χ1n) is 8.65. The molecule has 1 fully saturated rings. The molecule has 3 aromatic rings. The highest BCUT2D eigenvalue weighted by Crippen LogP contribution is 2.44. The highest BCUT2D eigenvalue weighted by atomic mass is 35.5. The average Bonchev–Trinajstić information content (AvgIpc) is 3.24. The Kier molecular flexibility index (Phi) is 4.79. The van der Waals surface area contributed by atoms with Crippen molar-refractivity contribution in [1.82, 2.24) is 0 Å². The maximum absolute atomic E-state index is 13.0. The first-order valence-corrected chi connectivity index (χ1v) is 9.91. The van der Waals surface area contributed by atoms with Gasteiger partial charge in [0, 0.05) is 21.2 Å². The maximum Gasteiger partial charge on any atom is 0.300 e. The first kappa shape index (κ1) is 18.5. The van der Waals surface area contributed by atoms with Gasteiger partial charge in [0.05, 0.1) is 5.57 Å². The predicted octanol–water partition coefficient (Wildman–Crippen LogP) is 5.34. The monoisotopic (exact) mass is 409 g/mol. The molecule has 4 rings (SSSR count). The van der Waals surface area contributed by atoms with Crippen molar-refractivity contribution in [2.75, 3.05) is 4.90 Å². The molecular weight excluding hydrogens is 394 g/mol. The van der Waals surface area contributed by atoms with Gasteiger partial charge in [-0.15, -0.1) is 11.3 Å². The van der Waals surface area contributed by atoms with Gasteiger partial charge >= 0.3 is 0 Å². The standard InChI is InChI=1S/C22H16ClNO3S/c1-13-11-12-28-21(13)18-17(19(25)14-5-3-2-4-6-14)20(26)22(27)24(18)16-9-7-15(23)8-10-16/h2-12,18,25H,1H3/b19-17-. The lowest BCUT2D eigenvalue weighted by molar-refractivity contribution is -0.132. The van der Waals surface area contributed by atoms with Gasteiger partial charge in [-0.1, -0.05) is 41.9 Å². The van der Waals surface area contributed by atoms with E-state index in [-0.39, 0.29) is 11.3 Å². The third-order valence-electron chi connectivity index (χ3n) is 4.75. The van der Waals surface area contributed by atoms with Gasteiger partial charge in [-0.2, -0.15) is 0 Å². The van der Waals surface area contributed by atoms with E-state index >= 15 is 0 Å². The van der Waals surface area contributed by atoms with Gasteiger partial charge in [0.25, 0.3) is 11.7 Å². The van der Waals surface area contributed by atoms with Crippen LogP contribution in [0.3, 0.4) is 0 Å². The van der Waals surface area contributed by atoms with Crippen LogP contribution in [-0.2, 0) is 9.59 Å². The summed E-state index contributed by atoms with van der Waals surface area (Å²) in [7, 11) is 0. The molecule has 2 heterocycles. The highest BCUT2D eigenvalue weighted by molar-refractivity contribution is 7.10. The molecule has 0 saturated carbocycles. The molecule has 0 spiro atoms. The van der Waals surface area contributed by atoms with Crippen molar-refractivity contribution in [3.63, 3.8) is 0 Å². The fourth-order valence-electron chi connectivity index (χ4n) is 3.36. The number of carbonyl (C=O) groups is 2. The van der Waals surface area contributed by atoms with E-state index in [0.717, 1.165) is 10.4 Å². The number of anilines is 1. The molecule has 4 nitrogen and oxygen atoms in total. The molecule has 1 unspecified atom stereocenters. The van der Waals surface area contributed by atoms with E-state index in [4.69, 9.17) is 11.6 Å². The quantitative estimate of drug-likeness (QED) is 0.361. The lowest BCUT2D eigenvalue weighted by Gasteiger charge is -2.25. The van der Waals surface area contributed by atoms with Gasteiger partial charge in [0.15, 0.2) is 0 Å². The number of aryl methyl sites for hydroxylation is 1. The summed E-state index contributed by atoms with van der Waals surface area (Å²) < 4.78 is 0. The molecular formula is C22H16ClNO3S. The zero-order chi connectivity index (χ0) is 19.8. The molecule has 0 bridgehead atoms. The maximum atomic E-state index is 13.0. The van der Waals surface area contributed by atoms with E-state index in [0.29, 0.717) is 16.3 Å². The van der Waals surface area contributed by atoms with Crippen molar-refractivity contribution >= 4 is 46.1 Å². The van der Waals surface area contributed by atoms with Crippen molar-refractivity contribution < 1.29 is 14.7 Å². The highest BCUT2D eigenvalue weighted by Gasteiger charge is 2.47. The fourth-order valence-corrected chi connectivity index (χ4v) is 4.52. The fraction of sp³-hybridized carbons (Fsp3) is 0.0909. The third-order valence-corrected chi connectivity index (χ3v) is 6.07. The van der Waals surface area contributed by atoms with Crippen LogP contribution in [0.4, 0.5) is 5.69 Å². The van der Waals surface area contributed by atoms with E-state index in [1.165, 1.54) is 16.2 Å². The SMILES string of the molecule is Cc1ccsc1C1/C(=C(/O)c2ccccc2)C(=O)C(=O)N1c1ccc(Cl)cc1. The van der Waals surface area contributed by atoms with E-state index in [1.54, 1.807) is 48.5 Å². The molecule has 1 aromatic heterocycles. The van der Waals surface area contributed by atoms with Gasteiger partial charge in [0.1, 0.15) is 11.8 Å². The van der Waals surface area contributed by atoms with Crippen molar-refractivity contribution in [3.05, 3.63) is 92.6 Å². The summed E-state index contributed by atoms with van der Waals surface area (Å²) in [6.45, 7) is 1.93. The number of thiophene rings is 1. The number of Topliss-reactive ketones (excluding diaryl/α,β-unsaturated/α-hetero) is 1. The lowest BCUT2D eigenvalue weighted by Crippen LogP contribution is -2.29. The minimum atomic E-state index is -0.700. The van der Waals surface area contributed by atoms with E-state index < -0.39 is 17.7 Å². The summed E-state index contributed by atoms with van der Waals surface area (Å²) in [5.74, 6) is -1.54. The molecule has 1 amide bonds. The van der Waals surface area contributed by atoms with Gasteiger partial charge in [-0.25, -0.2) is 0 Å². The minimum absolute atomic E-state index is 0.0942. The zero-order valence-corrected chi connectivity index (χ0v) is 16.5. The van der Waals surface area contributed by atoms with Gasteiger partial charge in [-0.3, -0.25) is 14.5 Å².